The summed E-state index contributed by atoms with van der Waals surface area (Å²) < 4.78 is 44.2. The molecule has 1 heterocycles. The summed E-state index contributed by atoms with van der Waals surface area (Å²) in [5.74, 6) is -0.143. The lowest BCUT2D eigenvalue weighted by molar-refractivity contribution is -0.137. The van der Waals surface area contributed by atoms with E-state index < -0.39 is 23.2 Å². The van der Waals surface area contributed by atoms with Crippen LogP contribution in [0.5, 0.6) is 0 Å². The zero-order valence-corrected chi connectivity index (χ0v) is 12.7. The highest BCUT2D eigenvalue weighted by Crippen LogP contribution is 2.31. The van der Waals surface area contributed by atoms with E-state index in [1.807, 2.05) is 4.90 Å². The third-order valence-corrected chi connectivity index (χ3v) is 3.43. The second-order valence-corrected chi connectivity index (χ2v) is 5.25. The standard InChI is InChI=1S/C16H17F3N2O2/c1-21(2)13(14-8-5-9-23-14)10-20-15(22)11-6-3-4-7-12(11)16(17,18)19/h3-9,13H,10H2,1-2H3,(H,20,22)/t13-/m1/s1. The molecule has 4 nitrogen and oxygen atoms in total. The molecule has 23 heavy (non-hydrogen) atoms. The van der Waals surface area contributed by atoms with Crippen molar-refractivity contribution in [2.24, 2.45) is 0 Å². The van der Waals surface area contributed by atoms with Gasteiger partial charge in [0.25, 0.3) is 5.91 Å². The molecule has 0 spiro atoms. The number of likely N-dealkylation sites (N-methyl/N-ethyl adjacent to an activating group) is 1. The molecule has 2 rings (SSSR count). The number of halogens is 3. The molecule has 2 aromatic rings. The number of nitrogens with one attached hydrogen (secondary N) is 1. The Balaban J connectivity index is 2.14. The summed E-state index contributed by atoms with van der Waals surface area (Å²) in [5, 5.41) is 2.54. The summed E-state index contributed by atoms with van der Waals surface area (Å²) >= 11 is 0. The number of furan rings is 1. The highest BCUT2D eigenvalue weighted by molar-refractivity contribution is 5.95. The minimum absolute atomic E-state index is 0.130. The molecule has 0 bridgehead atoms. The normalized spacial score (nSPS) is 13.1. The van der Waals surface area contributed by atoms with Crippen molar-refractivity contribution in [3.8, 4) is 0 Å². The molecule has 1 aromatic carbocycles. The van der Waals surface area contributed by atoms with Crippen LogP contribution in [0.3, 0.4) is 0 Å². The molecule has 1 amide bonds. The Bertz CT molecular complexity index is 652. The number of hydrogen-bond donors (Lipinski definition) is 1. The molecular formula is C16H17F3N2O2. The number of benzene rings is 1. The number of carbonyl (C=O) groups is 1. The fraction of sp³-hybridized carbons (Fsp3) is 0.312. The van der Waals surface area contributed by atoms with Crippen molar-refractivity contribution in [3.05, 3.63) is 59.5 Å². The molecule has 0 radical (unpaired) electrons. The minimum Gasteiger partial charge on any atom is -0.468 e. The molecule has 0 fully saturated rings. The second-order valence-electron chi connectivity index (χ2n) is 5.25. The van der Waals surface area contributed by atoms with Gasteiger partial charge >= 0.3 is 6.18 Å². The van der Waals surface area contributed by atoms with Crippen LogP contribution < -0.4 is 5.32 Å². The number of hydrogen-bond acceptors (Lipinski definition) is 3. The molecule has 0 unspecified atom stereocenters. The molecule has 1 atom stereocenters. The average Bonchev–Trinajstić information content (AvgIpc) is 3.00. The smallest absolute Gasteiger partial charge is 0.417 e. The highest BCUT2D eigenvalue weighted by atomic mass is 19.4. The topological polar surface area (TPSA) is 45.5 Å². The third-order valence-electron chi connectivity index (χ3n) is 3.43. The van der Waals surface area contributed by atoms with E-state index in [0.717, 1.165) is 12.1 Å². The van der Waals surface area contributed by atoms with E-state index >= 15 is 0 Å². The van der Waals surface area contributed by atoms with E-state index in [9.17, 15) is 18.0 Å². The monoisotopic (exact) mass is 326 g/mol. The molecule has 0 aliphatic rings. The summed E-state index contributed by atoms with van der Waals surface area (Å²) in [6.07, 6.45) is -3.07. The largest absolute Gasteiger partial charge is 0.468 e. The van der Waals surface area contributed by atoms with Gasteiger partial charge in [-0.3, -0.25) is 9.69 Å². The van der Waals surface area contributed by atoms with Crippen molar-refractivity contribution in [1.29, 1.82) is 0 Å². The van der Waals surface area contributed by atoms with Gasteiger partial charge in [0.1, 0.15) is 5.76 Å². The number of rotatable bonds is 5. The van der Waals surface area contributed by atoms with Crippen LogP contribution in [-0.2, 0) is 6.18 Å². The SMILES string of the molecule is CN(C)[C@H](CNC(=O)c1ccccc1C(F)(F)F)c1ccco1. The van der Waals surface area contributed by atoms with Crippen LogP contribution >= 0.6 is 0 Å². The van der Waals surface area contributed by atoms with Crippen LogP contribution in [0.1, 0.15) is 27.7 Å². The molecule has 0 aliphatic heterocycles. The average molecular weight is 326 g/mol. The lowest BCUT2D eigenvalue weighted by Crippen LogP contribution is -2.35. The minimum atomic E-state index is -4.57. The van der Waals surface area contributed by atoms with Gasteiger partial charge in [0.05, 0.1) is 23.4 Å². The first-order chi connectivity index (χ1) is 10.8. The summed E-state index contributed by atoms with van der Waals surface area (Å²) in [6, 6.07) is 7.91. The van der Waals surface area contributed by atoms with Gasteiger partial charge in [0.2, 0.25) is 0 Å². The Labute approximate surface area is 131 Å². The zero-order chi connectivity index (χ0) is 17.0. The third kappa shape index (κ3) is 4.13. The van der Waals surface area contributed by atoms with Crippen LogP contribution in [-0.4, -0.2) is 31.4 Å². The van der Waals surface area contributed by atoms with E-state index in [4.69, 9.17) is 4.42 Å². The Kier molecular flexibility index (Phi) is 5.10. The summed E-state index contributed by atoms with van der Waals surface area (Å²) in [7, 11) is 3.59. The molecular weight excluding hydrogens is 309 g/mol. The summed E-state index contributed by atoms with van der Waals surface area (Å²) in [6.45, 7) is 0.130. The summed E-state index contributed by atoms with van der Waals surface area (Å²) in [4.78, 5) is 14.0. The molecule has 0 saturated heterocycles. The lowest BCUT2D eigenvalue weighted by atomic mass is 10.1. The van der Waals surface area contributed by atoms with E-state index in [1.165, 1.54) is 18.4 Å². The van der Waals surface area contributed by atoms with E-state index in [2.05, 4.69) is 5.32 Å². The Morgan fingerprint density at radius 2 is 1.91 bits per heavy atom. The van der Waals surface area contributed by atoms with Crippen molar-refractivity contribution in [1.82, 2.24) is 10.2 Å². The fourth-order valence-electron chi connectivity index (χ4n) is 2.23. The number of alkyl halides is 3. The number of nitrogens with zero attached hydrogens (tertiary/aromatic N) is 1. The predicted octanol–water partition coefficient (Wildman–Crippen LogP) is 3.33. The Morgan fingerprint density at radius 3 is 2.48 bits per heavy atom. The molecule has 1 aromatic heterocycles. The number of amides is 1. The maximum Gasteiger partial charge on any atom is 0.417 e. The van der Waals surface area contributed by atoms with Crippen LogP contribution in [0.15, 0.2) is 47.1 Å². The van der Waals surface area contributed by atoms with E-state index in [-0.39, 0.29) is 12.6 Å². The van der Waals surface area contributed by atoms with Crippen LogP contribution in [0.25, 0.3) is 0 Å². The first-order valence-corrected chi connectivity index (χ1v) is 6.95. The van der Waals surface area contributed by atoms with Gasteiger partial charge in [-0.05, 0) is 38.4 Å². The van der Waals surface area contributed by atoms with Gasteiger partial charge in [-0.15, -0.1) is 0 Å². The quantitative estimate of drug-likeness (QED) is 0.917. The number of carbonyl (C=O) groups excluding carboxylic acids is 1. The molecule has 7 heteroatoms. The van der Waals surface area contributed by atoms with Gasteiger partial charge < -0.3 is 9.73 Å². The first-order valence-electron chi connectivity index (χ1n) is 6.95. The van der Waals surface area contributed by atoms with Gasteiger partial charge in [0.15, 0.2) is 0 Å². The van der Waals surface area contributed by atoms with Crippen molar-refractivity contribution in [2.75, 3.05) is 20.6 Å². The van der Waals surface area contributed by atoms with Gasteiger partial charge in [-0.25, -0.2) is 0 Å². The zero-order valence-electron chi connectivity index (χ0n) is 12.7. The molecule has 1 N–H and O–H groups in total. The van der Waals surface area contributed by atoms with Gasteiger partial charge in [-0.1, -0.05) is 12.1 Å². The Morgan fingerprint density at radius 1 is 1.22 bits per heavy atom. The maximum absolute atomic E-state index is 13.0. The van der Waals surface area contributed by atoms with Gasteiger partial charge in [-0.2, -0.15) is 13.2 Å². The summed E-state index contributed by atoms with van der Waals surface area (Å²) in [5.41, 5.74) is -1.34. The lowest BCUT2D eigenvalue weighted by Gasteiger charge is -2.23. The van der Waals surface area contributed by atoms with E-state index in [0.29, 0.717) is 5.76 Å². The van der Waals surface area contributed by atoms with Crippen LogP contribution in [0.2, 0.25) is 0 Å². The van der Waals surface area contributed by atoms with Crippen molar-refractivity contribution in [2.45, 2.75) is 12.2 Å². The molecule has 0 saturated carbocycles. The van der Waals surface area contributed by atoms with Crippen molar-refractivity contribution < 1.29 is 22.4 Å². The van der Waals surface area contributed by atoms with Crippen molar-refractivity contribution >= 4 is 5.91 Å². The second kappa shape index (κ2) is 6.87. The maximum atomic E-state index is 13.0. The van der Waals surface area contributed by atoms with Crippen LogP contribution in [0, 0.1) is 0 Å². The highest BCUT2D eigenvalue weighted by Gasteiger charge is 2.35. The Hall–Kier alpha value is -2.28. The molecule has 124 valence electrons. The van der Waals surface area contributed by atoms with Gasteiger partial charge in [0, 0.05) is 6.54 Å². The fourth-order valence-corrected chi connectivity index (χ4v) is 2.23. The van der Waals surface area contributed by atoms with Crippen LogP contribution in [0.4, 0.5) is 13.2 Å². The first kappa shape index (κ1) is 17.1. The predicted molar refractivity (Wildman–Crippen MR) is 78.9 cm³/mol. The van der Waals surface area contributed by atoms with Crippen molar-refractivity contribution in [3.63, 3.8) is 0 Å². The van der Waals surface area contributed by atoms with E-state index in [1.54, 1.807) is 26.2 Å². The molecule has 0 aliphatic carbocycles.